The SMILES string of the molecule is CN1C[C@H]2CC[C@@H]1CN(C(=O)Nc1ccc(OCc3ccccn3)cc1)C2. The Morgan fingerprint density at radius 1 is 1.15 bits per heavy atom. The Hall–Kier alpha value is -2.60. The number of nitrogens with one attached hydrogen (secondary N) is 1. The van der Waals surface area contributed by atoms with Crippen LogP contribution in [0.2, 0.25) is 0 Å². The van der Waals surface area contributed by atoms with Gasteiger partial charge < -0.3 is 19.9 Å². The van der Waals surface area contributed by atoms with Crippen LogP contribution in [-0.4, -0.2) is 53.5 Å². The van der Waals surface area contributed by atoms with E-state index in [4.69, 9.17) is 4.74 Å². The van der Waals surface area contributed by atoms with E-state index in [9.17, 15) is 4.79 Å². The number of anilines is 1. The summed E-state index contributed by atoms with van der Waals surface area (Å²) in [6, 6.07) is 13.7. The second-order valence-electron chi connectivity index (χ2n) is 7.51. The second-order valence-corrected chi connectivity index (χ2v) is 7.51. The predicted octanol–water partition coefficient (Wildman–Crippen LogP) is 3.22. The standard InChI is InChI=1S/C21H26N4O2/c1-24-12-16-5-8-19(24)14-25(13-16)21(26)23-17-6-9-20(10-7-17)27-15-18-4-2-3-11-22-18/h2-4,6-7,9-11,16,19H,5,8,12-15H2,1H3,(H,23,26)/t16-,19-/m1/s1. The number of amides is 2. The number of benzene rings is 1. The smallest absolute Gasteiger partial charge is 0.321 e. The van der Waals surface area contributed by atoms with E-state index in [0.29, 0.717) is 18.6 Å². The van der Waals surface area contributed by atoms with Crippen LogP contribution < -0.4 is 10.1 Å². The number of carbonyl (C=O) groups excluding carboxylic acids is 1. The van der Waals surface area contributed by atoms with Crippen molar-refractivity contribution >= 4 is 11.7 Å². The maximum Gasteiger partial charge on any atom is 0.321 e. The van der Waals surface area contributed by atoms with E-state index < -0.39 is 0 Å². The molecule has 2 amide bonds. The average Bonchev–Trinajstić information content (AvgIpc) is 3.00. The lowest BCUT2D eigenvalue weighted by molar-refractivity contribution is 0.166. The molecule has 0 spiro atoms. The van der Waals surface area contributed by atoms with Gasteiger partial charge in [0.15, 0.2) is 0 Å². The number of hydrogen-bond donors (Lipinski definition) is 1. The zero-order valence-corrected chi connectivity index (χ0v) is 15.7. The first-order valence-corrected chi connectivity index (χ1v) is 9.56. The molecule has 6 heteroatoms. The van der Waals surface area contributed by atoms with Crippen LogP contribution in [0.15, 0.2) is 48.7 Å². The van der Waals surface area contributed by atoms with E-state index in [2.05, 4.69) is 22.2 Å². The maximum absolute atomic E-state index is 12.7. The molecule has 0 unspecified atom stereocenters. The van der Waals surface area contributed by atoms with Crippen molar-refractivity contribution in [2.75, 3.05) is 32.0 Å². The number of urea groups is 1. The van der Waals surface area contributed by atoms with Crippen molar-refractivity contribution in [1.82, 2.24) is 14.8 Å². The lowest BCUT2D eigenvalue weighted by atomic mass is 9.96. The summed E-state index contributed by atoms with van der Waals surface area (Å²) in [5.74, 6) is 1.34. The Kier molecular flexibility index (Phi) is 5.25. The van der Waals surface area contributed by atoms with Crippen molar-refractivity contribution in [3.8, 4) is 5.75 Å². The lowest BCUT2D eigenvalue weighted by Crippen LogP contribution is -2.42. The minimum Gasteiger partial charge on any atom is -0.487 e. The molecule has 6 nitrogen and oxygen atoms in total. The highest BCUT2D eigenvalue weighted by Gasteiger charge is 2.34. The van der Waals surface area contributed by atoms with Gasteiger partial charge in [0, 0.05) is 37.6 Å². The van der Waals surface area contributed by atoms with Gasteiger partial charge in [-0.3, -0.25) is 4.98 Å². The molecular weight excluding hydrogens is 340 g/mol. The first-order chi connectivity index (χ1) is 13.2. The molecule has 3 aliphatic rings. The third-order valence-corrected chi connectivity index (χ3v) is 5.49. The van der Waals surface area contributed by atoms with Crippen molar-refractivity contribution in [1.29, 1.82) is 0 Å². The van der Waals surface area contributed by atoms with E-state index >= 15 is 0 Å². The number of rotatable bonds is 4. The third kappa shape index (κ3) is 4.39. The van der Waals surface area contributed by atoms with Crippen LogP contribution in [0.5, 0.6) is 5.75 Å². The summed E-state index contributed by atoms with van der Waals surface area (Å²) in [6.07, 6.45) is 4.17. The van der Waals surface area contributed by atoms with E-state index in [1.165, 1.54) is 12.8 Å². The normalized spacial score (nSPS) is 22.3. The summed E-state index contributed by atoms with van der Waals surface area (Å²) >= 11 is 0. The van der Waals surface area contributed by atoms with Gasteiger partial charge in [-0.15, -0.1) is 0 Å². The summed E-state index contributed by atoms with van der Waals surface area (Å²) in [6.45, 7) is 3.18. The molecule has 2 atom stereocenters. The molecule has 0 radical (unpaired) electrons. The van der Waals surface area contributed by atoms with Crippen LogP contribution in [-0.2, 0) is 6.61 Å². The van der Waals surface area contributed by atoms with Crippen LogP contribution in [0.1, 0.15) is 18.5 Å². The molecule has 1 aromatic heterocycles. The predicted molar refractivity (Wildman–Crippen MR) is 105 cm³/mol. The van der Waals surface area contributed by atoms with Gasteiger partial charge in [0.1, 0.15) is 12.4 Å². The van der Waals surface area contributed by atoms with Crippen LogP contribution in [0, 0.1) is 5.92 Å². The molecule has 3 aliphatic heterocycles. The van der Waals surface area contributed by atoms with Gasteiger partial charge in [-0.25, -0.2) is 4.79 Å². The van der Waals surface area contributed by atoms with Crippen LogP contribution in [0.3, 0.4) is 0 Å². The average molecular weight is 366 g/mol. The number of hydrogen-bond acceptors (Lipinski definition) is 4. The fraction of sp³-hybridized carbons (Fsp3) is 0.429. The quantitative estimate of drug-likeness (QED) is 0.903. The lowest BCUT2D eigenvalue weighted by Gasteiger charge is -2.32. The molecule has 1 aromatic carbocycles. The molecule has 0 saturated carbocycles. The highest BCUT2D eigenvalue weighted by molar-refractivity contribution is 5.89. The van der Waals surface area contributed by atoms with Gasteiger partial charge in [0.05, 0.1) is 5.69 Å². The monoisotopic (exact) mass is 366 g/mol. The summed E-state index contributed by atoms with van der Waals surface area (Å²) in [5.41, 5.74) is 1.67. The van der Waals surface area contributed by atoms with Gasteiger partial charge in [-0.05, 0) is 62.2 Å². The van der Waals surface area contributed by atoms with Crippen molar-refractivity contribution in [2.24, 2.45) is 5.92 Å². The van der Waals surface area contributed by atoms with Crippen LogP contribution in [0.25, 0.3) is 0 Å². The fourth-order valence-corrected chi connectivity index (χ4v) is 3.96. The van der Waals surface area contributed by atoms with Crippen LogP contribution >= 0.6 is 0 Å². The number of carbonyl (C=O) groups is 1. The van der Waals surface area contributed by atoms with E-state index in [1.54, 1.807) is 6.20 Å². The Morgan fingerprint density at radius 2 is 2.00 bits per heavy atom. The van der Waals surface area contributed by atoms with Gasteiger partial charge in [0.25, 0.3) is 0 Å². The van der Waals surface area contributed by atoms with E-state index in [1.807, 2.05) is 47.4 Å². The number of aromatic nitrogens is 1. The molecule has 0 aliphatic carbocycles. The minimum absolute atomic E-state index is 0.00986. The first kappa shape index (κ1) is 17.8. The molecule has 2 bridgehead atoms. The van der Waals surface area contributed by atoms with Gasteiger partial charge in [-0.1, -0.05) is 6.07 Å². The Balaban J connectivity index is 1.32. The highest BCUT2D eigenvalue weighted by Crippen LogP contribution is 2.27. The molecule has 4 heterocycles. The van der Waals surface area contributed by atoms with Crippen molar-refractivity contribution in [3.05, 3.63) is 54.4 Å². The zero-order chi connectivity index (χ0) is 18.6. The largest absolute Gasteiger partial charge is 0.487 e. The zero-order valence-electron chi connectivity index (χ0n) is 15.7. The van der Waals surface area contributed by atoms with Gasteiger partial charge in [-0.2, -0.15) is 0 Å². The van der Waals surface area contributed by atoms with Gasteiger partial charge in [0.2, 0.25) is 0 Å². The summed E-state index contributed by atoms with van der Waals surface area (Å²) in [7, 11) is 2.17. The molecule has 27 heavy (non-hydrogen) atoms. The Labute approximate surface area is 160 Å². The van der Waals surface area contributed by atoms with Crippen molar-refractivity contribution in [3.63, 3.8) is 0 Å². The highest BCUT2D eigenvalue weighted by atomic mass is 16.5. The molecule has 1 N–H and O–H groups in total. The summed E-state index contributed by atoms with van der Waals surface area (Å²) in [4.78, 5) is 21.3. The maximum atomic E-state index is 12.7. The fourth-order valence-electron chi connectivity index (χ4n) is 3.96. The third-order valence-electron chi connectivity index (χ3n) is 5.49. The number of likely N-dealkylation sites (N-methyl/N-ethyl adjacent to an activating group) is 1. The number of pyridine rings is 1. The number of nitrogens with zero attached hydrogens (tertiary/aromatic N) is 3. The second kappa shape index (κ2) is 7.96. The summed E-state index contributed by atoms with van der Waals surface area (Å²) in [5, 5.41) is 3.02. The molecule has 3 fully saturated rings. The summed E-state index contributed by atoms with van der Waals surface area (Å²) < 4.78 is 5.74. The first-order valence-electron chi connectivity index (χ1n) is 9.56. The topological polar surface area (TPSA) is 57.7 Å². The number of ether oxygens (including phenoxy) is 1. The van der Waals surface area contributed by atoms with Crippen molar-refractivity contribution < 1.29 is 9.53 Å². The van der Waals surface area contributed by atoms with E-state index in [-0.39, 0.29) is 6.03 Å². The minimum atomic E-state index is -0.00986. The molecular formula is C21H26N4O2. The Morgan fingerprint density at radius 3 is 2.74 bits per heavy atom. The number of piperidine rings is 1. The van der Waals surface area contributed by atoms with E-state index in [0.717, 1.165) is 36.8 Å². The number of fused-ring (bicyclic) bond motifs is 4. The van der Waals surface area contributed by atoms with Gasteiger partial charge >= 0.3 is 6.03 Å². The van der Waals surface area contributed by atoms with Crippen molar-refractivity contribution in [2.45, 2.75) is 25.5 Å². The van der Waals surface area contributed by atoms with Crippen LogP contribution in [0.4, 0.5) is 10.5 Å². The molecule has 3 saturated heterocycles. The molecule has 142 valence electrons. The molecule has 2 aromatic rings. The molecule has 5 rings (SSSR count). The Bertz CT molecular complexity index is 766.